The summed E-state index contributed by atoms with van der Waals surface area (Å²) in [6, 6.07) is 5.92. The smallest absolute Gasteiger partial charge is 0.124 e. The molecule has 0 atom stereocenters. The van der Waals surface area contributed by atoms with Crippen molar-refractivity contribution < 1.29 is 4.74 Å². The number of hydrogen-bond acceptors (Lipinski definition) is 4. The van der Waals surface area contributed by atoms with Crippen molar-refractivity contribution in [3.8, 4) is 5.75 Å². The van der Waals surface area contributed by atoms with Gasteiger partial charge in [0.2, 0.25) is 0 Å². The van der Waals surface area contributed by atoms with Gasteiger partial charge in [-0.15, -0.1) is 11.3 Å². The van der Waals surface area contributed by atoms with Crippen LogP contribution in [0.3, 0.4) is 0 Å². The summed E-state index contributed by atoms with van der Waals surface area (Å²) >= 11 is 5.11. The number of nitrogens with two attached hydrogens (primary N) is 1. The highest BCUT2D eigenvalue weighted by Crippen LogP contribution is 2.24. The van der Waals surface area contributed by atoms with Crippen molar-refractivity contribution in [3.05, 3.63) is 44.3 Å². The van der Waals surface area contributed by atoms with Crippen LogP contribution in [0.1, 0.15) is 16.1 Å². The second-order valence-electron chi connectivity index (χ2n) is 3.92. The van der Waals surface area contributed by atoms with Crippen molar-refractivity contribution in [1.82, 2.24) is 4.98 Å². The molecule has 3 nitrogen and oxygen atoms in total. The molecule has 0 saturated heterocycles. The summed E-state index contributed by atoms with van der Waals surface area (Å²) in [5.41, 5.74) is 9.68. The van der Waals surface area contributed by atoms with Crippen molar-refractivity contribution in [1.29, 1.82) is 0 Å². The second-order valence-corrected chi connectivity index (χ2v) is 5.77. The van der Waals surface area contributed by atoms with Crippen LogP contribution in [0.15, 0.2) is 28.2 Å². The Balaban J connectivity index is 1.98. The molecule has 96 valence electrons. The molecule has 0 aliphatic carbocycles. The van der Waals surface area contributed by atoms with Gasteiger partial charge >= 0.3 is 0 Å². The molecule has 0 spiro atoms. The summed E-state index contributed by atoms with van der Waals surface area (Å²) in [6.45, 7) is 3.16. The molecule has 2 rings (SSSR count). The van der Waals surface area contributed by atoms with E-state index in [9.17, 15) is 0 Å². The summed E-state index contributed by atoms with van der Waals surface area (Å²) in [4.78, 5) is 5.50. The summed E-state index contributed by atoms with van der Waals surface area (Å²) in [6.07, 6.45) is 0.882. The topological polar surface area (TPSA) is 48.1 Å². The summed E-state index contributed by atoms with van der Waals surface area (Å²) in [7, 11) is 0. The van der Waals surface area contributed by atoms with Gasteiger partial charge < -0.3 is 10.5 Å². The SMILES string of the molecule is Cc1ncsc1CCOc1cc(Br)ccc1CN. The van der Waals surface area contributed by atoms with Crippen LogP contribution in [0.25, 0.3) is 0 Å². The fourth-order valence-corrected chi connectivity index (χ4v) is 2.75. The molecule has 0 aliphatic rings. The quantitative estimate of drug-likeness (QED) is 0.917. The lowest BCUT2D eigenvalue weighted by atomic mass is 10.2. The first kappa shape index (κ1) is 13.5. The Morgan fingerprint density at radius 1 is 1.44 bits per heavy atom. The van der Waals surface area contributed by atoms with E-state index in [0.29, 0.717) is 13.2 Å². The molecule has 1 heterocycles. The minimum absolute atomic E-state index is 0.488. The van der Waals surface area contributed by atoms with E-state index in [-0.39, 0.29) is 0 Å². The van der Waals surface area contributed by atoms with Crippen LogP contribution >= 0.6 is 27.3 Å². The van der Waals surface area contributed by atoms with E-state index in [0.717, 1.165) is 27.9 Å². The van der Waals surface area contributed by atoms with Gasteiger partial charge in [-0.1, -0.05) is 22.0 Å². The van der Waals surface area contributed by atoms with Crippen LogP contribution in [0, 0.1) is 6.92 Å². The average molecular weight is 327 g/mol. The number of aryl methyl sites for hydroxylation is 1. The van der Waals surface area contributed by atoms with Crippen molar-refractivity contribution in [2.75, 3.05) is 6.61 Å². The van der Waals surface area contributed by atoms with Crippen molar-refractivity contribution in [3.63, 3.8) is 0 Å². The molecule has 2 aromatic rings. The van der Waals surface area contributed by atoms with E-state index in [4.69, 9.17) is 10.5 Å². The molecule has 1 aromatic carbocycles. The highest BCUT2D eigenvalue weighted by Gasteiger charge is 2.05. The zero-order chi connectivity index (χ0) is 13.0. The van der Waals surface area contributed by atoms with Crippen LogP contribution in [-0.4, -0.2) is 11.6 Å². The minimum Gasteiger partial charge on any atom is -0.493 e. The molecular formula is C13H15BrN2OS. The molecule has 0 saturated carbocycles. The Morgan fingerprint density at radius 2 is 2.28 bits per heavy atom. The van der Waals surface area contributed by atoms with E-state index < -0.39 is 0 Å². The Bertz CT molecular complexity index is 527. The van der Waals surface area contributed by atoms with E-state index >= 15 is 0 Å². The van der Waals surface area contributed by atoms with Crippen LogP contribution in [0.4, 0.5) is 0 Å². The summed E-state index contributed by atoms with van der Waals surface area (Å²) in [5, 5.41) is 0. The Kier molecular flexibility index (Phi) is 4.74. The van der Waals surface area contributed by atoms with Crippen molar-refractivity contribution >= 4 is 27.3 Å². The third kappa shape index (κ3) is 3.31. The fraction of sp³-hybridized carbons (Fsp3) is 0.308. The summed E-state index contributed by atoms with van der Waals surface area (Å²) in [5.74, 6) is 0.856. The molecule has 18 heavy (non-hydrogen) atoms. The number of thiazole rings is 1. The van der Waals surface area contributed by atoms with Gasteiger partial charge in [-0.05, 0) is 19.1 Å². The molecule has 1 aromatic heterocycles. The van der Waals surface area contributed by atoms with Gasteiger partial charge in [0.1, 0.15) is 5.75 Å². The third-order valence-corrected chi connectivity index (χ3v) is 4.17. The zero-order valence-corrected chi connectivity index (χ0v) is 12.6. The lowest BCUT2D eigenvalue weighted by molar-refractivity contribution is 0.319. The summed E-state index contributed by atoms with van der Waals surface area (Å²) < 4.78 is 6.81. The Morgan fingerprint density at radius 3 is 2.94 bits per heavy atom. The monoisotopic (exact) mass is 326 g/mol. The number of benzene rings is 1. The van der Waals surface area contributed by atoms with E-state index in [2.05, 4.69) is 20.9 Å². The predicted octanol–water partition coefficient (Wildman–Crippen LogP) is 3.29. The van der Waals surface area contributed by atoms with Gasteiger partial charge in [-0.25, -0.2) is 4.98 Å². The van der Waals surface area contributed by atoms with Gasteiger partial charge in [0.05, 0.1) is 17.8 Å². The lowest BCUT2D eigenvalue weighted by Crippen LogP contribution is -2.05. The number of nitrogens with zero attached hydrogens (tertiary/aromatic N) is 1. The number of rotatable bonds is 5. The third-order valence-electron chi connectivity index (χ3n) is 2.68. The van der Waals surface area contributed by atoms with Crippen LogP contribution < -0.4 is 10.5 Å². The average Bonchev–Trinajstić information content (AvgIpc) is 2.76. The molecule has 5 heteroatoms. The molecule has 0 bridgehead atoms. The van der Waals surface area contributed by atoms with E-state index in [1.54, 1.807) is 11.3 Å². The van der Waals surface area contributed by atoms with Crippen LogP contribution in [0.2, 0.25) is 0 Å². The number of hydrogen-bond donors (Lipinski definition) is 1. The fourth-order valence-electron chi connectivity index (χ4n) is 1.65. The molecule has 2 N–H and O–H groups in total. The van der Waals surface area contributed by atoms with Gasteiger partial charge in [0.15, 0.2) is 0 Å². The van der Waals surface area contributed by atoms with Gasteiger partial charge in [0.25, 0.3) is 0 Å². The number of ether oxygens (including phenoxy) is 1. The van der Waals surface area contributed by atoms with Gasteiger partial charge in [0, 0.05) is 27.9 Å². The van der Waals surface area contributed by atoms with Crippen LogP contribution in [0.5, 0.6) is 5.75 Å². The number of halogens is 1. The van der Waals surface area contributed by atoms with E-state index in [1.165, 1.54) is 4.88 Å². The predicted molar refractivity (Wildman–Crippen MR) is 78.1 cm³/mol. The Hall–Kier alpha value is -0.910. The first-order valence-electron chi connectivity index (χ1n) is 5.71. The van der Waals surface area contributed by atoms with Crippen molar-refractivity contribution in [2.45, 2.75) is 19.9 Å². The van der Waals surface area contributed by atoms with Crippen LogP contribution in [-0.2, 0) is 13.0 Å². The highest BCUT2D eigenvalue weighted by atomic mass is 79.9. The normalized spacial score (nSPS) is 10.6. The molecule has 0 aliphatic heterocycles. The maximum absolute atomic E-state index is 5.81. The lowest BCUT2D eigenvalue weighted by Gasteiger charge is -2.10. The molecule has 0 fully saturated rings. The van der Waals surface area contributed by atoms with Crippen molar-refractivity contribution in [2.24, 2.45) is 5.73 Å². The molecule has 0 amide bonds. The molecular weight excluding hydrogens is 312 g/mol. The number of aromatic nitrogens is 1. The second kappa shape index (κ2) is 6.31. The van der Waals surface area contributed by atoms with Gasteiger partial charge in [-0.2, -0.15) is 0 Å². The maximum Gasteiger partial charge on any atom is 0.124 e. The first-order valence-corrected chi connectivity index (χ1v) is 7.38. The standard InChI is InChI=1S/C13H15BrN2OS/c1-9-13(18-8-16-9)4-5-17-12-6-11(14)3-2-10(12)7-15/h2-3,6,8H,4-5,7,15H2,1H3. The maximum atomic E-state index is 5.81. The van der Waals surface area contributed by atoms with E-state index in [1.807, 2.05) is 30.6 Å². The molecule has 0 unspecified atom stereocenters. The molecule has 0 radical (unpaired) electrons. The Labute approximate surface area is 119 Å². The first-order chi connectivity index (χ1) is 8.70. The minimum atomic E-state index is 0.488. The zero-order valence-electron chi connectivity index (χ0n) is 10.1. The van der Waals surface area contributed by atoms with Gasteiger partial charge in [-0.3, -0.25) is 0 Å². The largest absolute Gasteiger partial charge is 0.493 e. The highest BCUT2D eigenvalue weighted by molar-refractivity contribution is 9.10.